The number of hydrogen-bond donors (Lipinski definition) is 2. The van der Waals surface area contributed by atoms with Gasteiger partial charge in [-0.05, 0) is 31.8 Å². The molecule has 7 nitrogen and oxygen atoms in total. The molecule has 1 fully saturated rings. The van der Waals surface area contributed by atoms with Crippen LogP contribution in [-0.2, 0) is 0 Å². The molecular weight excluding hydrogens is 236 g/mol. The van der Waals surface area contributed by atoms with E-state index in [1.807, 2.05) is 0 Å². The molecule has 0 atom stereocenters. The molecule has 0 spiro atoms. The van der Waals surface area contributed by atoms with Gasteiger partial charge in [-0.2, -0.15) is 4.98 Å². The third kappa shape index (κ3) is 3.07. The molecule has 0 aliphatic carbocycles. The second-order valence-electron chi connectivity index (χ2n) is 4.32. The van der Waals surface area contributed by atoms with Crippen LogP contribution in [0, 0.1) is 16.0 Å². The minimum Gasteiger partial charge on any atom is -0.477 e. The first-order valence-corrected chi connectivity index (χ1v) is 5.91. The van der Waals surface area contributed by atoms with Crippen LogP contribution in [0.15, 0.2) is 12.1 Å². The molecule has 0 radical (unpaired) electrons. The molecule has 0 unspecified atom stereocenters. The molecule has 0 amide bonds. The van der Waals surface area contributed by atoms with Crippen molar-refractivity contribution < 1.29 is 9.66 Å². The maximum Gasteiger partial charge on any atom is 0.311 e. The number of nitrogens with zero attached hydrogens (tertiary/aromatic N) is 2. The van der Waals surface area contributed by atoms with Gasteiger partial charge in [0.15, 0.2) is 0 Å². The molecule has 18 heavy (non-hydrogen) atoms. The molecule has 1 aromatic heterocycles. The Balaban J connectivity index is 1.93. The zero-order valence-corrected chi connectivity index (χ0v) is 9.96. The van der Waals surface area contributed by atoms with Crippen molar-refractivity contribution in [1.82, 2.24) is 10.3 Å². The summed E-state index contributed by atoms with van der Waals surface area (Å²) in [5.74, 6) is 0.740. The van der Waals surface area contributed by atoms with Gasteiger partial charge >= 0.3 is 5.69 Å². The van der Waals surface area contributed by atoms with Crippen molar-refractivity contribution in [2.45, 2.75) is 12.8 Å². The van der Waals surface area contributed by atoms with Gasteiger partial charge in [-0.25, -0.2) is 0 Å². The maximum atomic E-state index is 10.6. The highest BCUT2D eigenvalue weighted by Gasteiger charge is 2.16. The molecule has 2 rings (SSSR count). The number of pyridine rings is 1. The van der Waals surface area contributed by atoms with Gasteiger partial charge in [-0.1, -0.05) is 0 Å². The van der Waals surface area contributed by atoms with E-state index in [1.54, 1.807) is 0 Å². The topological polar surface area (TPSA) is 103 Å². The minimum absolute atomic E-state index is 0.109. The summed E-state index contributed by atoms with van der Waals surface area (Å²) in [5, 5.41) is 13.9. The lowest BCUT2D eigenvalue weighted by atomic mass is 9.99. The predicted molar refractivity (Wildman–Crippen MR) is 66.4 cm³/mol. The van der Waals surface area contributed by atoms with Crippen LogP contribution in [0.1, 0.15) is 12.8 Å². The van der Waals surface area contributed by atoms with Gasteiger partial charge in [0.1, 0.15) is 0 Å². The molecule has 2 heterocycles. The molecule has 98 valence electrons. The normalized spacial score (nSPS) is 16.4. The Kier molecular flexibility index (Phi) is 3.93. The van der Waals surface area contributed by atoms with Crippen LogP contribution in [-0.4, -0.2) is 29.6 Å². The first kappa shape index (κ1) is 12.6. The lowest BCUT2D eigenvalue weighted by Crippen LogP contribution is -2.30. The van der Waals surface area contributed by atoms with E-state index in [0.717, 1.165) is 25.9 Å². The Morgan fingerprint density at radius 2 is 2.22 bits per heavy atom. The Hall–Kier alpha value is -1.89. The summed E-state index contributed by atoms with van der Waals surface area (Å²) in [4.78, 5) is 13.9. The third-order valence-corrected chi connectivity index (χ3v) is 3.00. The van der Waals surface area contributed by atoms with Crippen LogP contribution >= 0.6 is 0 Å². The van der Waals surface area contributed by atoms with Gasteiger partial charge in [0.2, 0.25) is 11.7 Å². The van der Waals surface area contributed by atoms with Crippen LogP contribution in [0.5, 0.6) is 5.88 Å². The Morgan fingerprint density at radius 1 is 1.50 bits per heavy atom. The number of nitro groups is 1. The highest BCUT2D eigenvalue weighted by atomic mass is 16.6. The van der Waals surface area contributed by atoms with Gasteiger partial charge in [-0.15, -0.1) is 0 Å². The summed E-state index contributed by atoms with van der Waals surface area (Å²) in [6, 6.07) is 2.80. The molecule has 1 aliphatic heterocycles. The summed E-state index contributed by atoms with van der Waals surface area (Å²) < 4.78 is 5.52. The quantitative estimate of drug-likeness (QED) is 0.610. The SMILES string of the molecule is Nc1nc(OCC2CCNCC2)ccc1[N+](=O)[O-]. The van der Waals surface area contributed by atoms with E-state index in [1.165, 1.54) is 12.1 Å². The Bertz CT molecular complexity index is 432. The highest BCUT2D eigenvalue weighted by molar-refractivity contribution is 5.53. The van der Waals surface area contributed by atoms with Gasteiger partial charge < -0.3 is 15.8 Å². The molecule has 0 aromatic carbocycles. The first-order valence-electron chi connectivity index (χ1n) is 5.91. The number of aromatic nitrogens is 1. The molecule has 7 heteroatoms. The van der Waals surface area contributed by atoms with Crippen LogP contribution in [0.4, 0.5) is 11.5 Å². The Morgan fingerprint density at radius 3 is 2.83 bits per heavy atom. The number of anilines is 1. The van der Waals surface area contributed by atoms with Crippen LogP contribution in [0.3, 0.4) is 0 Å². The zero-order valence-electron chi connectivity index (χ0n) is 9.96. The molecule has 3 N–H and O–H groups in total. The van der Waals surface area contributed by atoms with E-state index < -0.39 is 4.92 Å². The van der Waals surface area contributed by atoms with Gasteiger partial charge in [0.25, 0.3) is 0 Å². The fraction of sp³-hybridized carbons (Fsp3) is 0.545. The van der Waals surface area contributed by atoms with Crippen LogP contribution < -0.4 is 15.8 Å². The monoisotopic (exact) mass is 252 g/mol. The molecule has 1 saturated heterocycles. The number of nitrogens with two attached hydrogens (primary N) is 1. The minimum atomic E-state index is -0.557. The standard InChI is InChI=1S/C11H16N4O3/c12-11-9(15(16)17)1-2-10(14-11)18-7-8-3-5-13-6-4-8/h1-2,8,13H,3-7H2,(H2,12,14). The van der Waals surface area contributed by atoms with Crippen LogP contribution in [0.25, 0.3) is 0 Å². The van der Waals surface area contributed by atoms with E-state index >= 15 is 0 Å². The van der Waals surface area contributed by atoms with Gasteiger partial charge in [-0.3, -0.25) is 10.1 Å². The number of nitrogens with one attached hydrogen (secondary N) is 1. The predicted octanol–water partition coefficient (Wildman–Crippen LogP) is 0.950. The fourth-order valence-electron chi connectivity index (χ4n) is 1.94. The van der Waals surface area contributed by atoms with Gasteiger partial charge in [0, 0.05) is 12.1 Å². The maximum absolute atomic E-state index is 10.6. The summed E-state index contributed by atoms with van der Waals surface area (Å²) in [6.07, 6.45) is 2.14. The summed E-state index contributed by atoms with van der Waals surface area (Å²) in [7, 11) is 0. The summed E-state index contributed by atoms with van der Waals surface area (Å²) in [5.41, 5.74) is 5.30. The second kappa shape index (κ2) is 5.63. The largest absolute Gasteiger partial charge is 0.477 e. The van der Waals surface area contributed by atoms with Crippen molar-refractivity contribution in [2.24, 2.45) is 5.92 Å². The fourth-order valence-corrected chi connectivity index (χ4v) is 1.94. The lowest BCUT2D eigenvalue weighted by molar-refractivity contribution is -0.384. The van der Waals surface area contributed by atoms with E-state index in [9.17, 15) is 10.1 Å². The number of hydrogen-bond acceptors (Lipinski definition) is 6. The van der Waals surface area contributed by atoms with E-state index in [4.69, 9.17) is 10.5 Å². The molecule has 0 saturated carbocycles. The summed E-state index contributed by atoms with van der Waals surface area (Å²) in [6.45, 7) is 2.58. The zero-order chi connectivity index (χ0) is 13.0. The second-order valence-corrected chi connectivity index (χ2v) is 4.32. The van der Waals surface area contributed by atoms with Crippen molar-refractivity contribution in [2.75, 3.05) is 25.4 Å². The molecule has 1 aliphatic rings. The molecular formula is C11H16N4O3. The average molecular weight is 252 g/mol. The van der Waals surface area contributed by atoms with Crippen molar-refractivity contribution in [1.29, 1.82) is 0 Å². The number of ether oxygens (including phenoxy) is 1. The smallest absolute Gasteiger partial charge is 0.311 e. The summed E-state index contributed by atoms with van der Waals surface area (Å²) >= 11 is 0. The number of piperidine rings is 1. The van der Waals surface area contributed by atoms with E-state index in [2.05, 4.69) is 10.3 Å². The lowest BCUT2D eigenvalue weighted by Gasteiger charge is -2.22. The van der Waals surface area contributed by atoms with Crippen molar-refractivity contribution in [3.8, 4) is 5.88 Å². The highest BCUT2D eigenvalue weighted by Crippen LogP contribution is 2.22. The van der Waals surface area contributed by atoms with Crippen molar-refractivity contribution >= 4 is 11.5 Å². The molecule has 0 bridgehead atoms. The van der Waals surface area contributed by atoms with E-state index in [0.29, 0.717) is 18.4 Å². The first-order chi connectivity index (χ1) is 8.66. The van der Waals surface area contributed by atoms with Gasteiger partial charge in [0.05, 0.1) is 11.5 Å². The van der Waals surface area contributed by atoms with Crippen molar-refractivity contribution in [3.05, 3.63) is 22.2 Å². The third-order valence-electron chi connectivity index (χ3n) is 3.00. The molecule has 1 aromatic rings. The average Bonchev–Trinajstić information content (AvgIpc) is 2.37. The van der Waals surface area contributed by atoms with Crippen molar-refractivity contribution in [3.63, 3.8) is 0 Å². The number of rotatable bonds is 4. The Labute approximate surface area is 104 Å². The van der Waals surface area contributed by atoms with E-state index in [-0.39, 0.29) is 11.5 Å². The van der Waals surface area contributed by atoms with Crippen LogP contribution in [0.2, 0.25) is 0 Å². The number of nitrogen functional groups attached to an aromatic ring is 1.